The number of hydrogen-bond acceptors (Lipinski definition) is 3. The van der Waals surface area contributed by atoms with E-state index < -0.39 is 0 Å². The van der Waals surface area contributed by atoms with Gasteiger partial charge in [0.2, 0.25) is 0 Å². The molecule has 4 nitrogen and oxygen atoms in total. The normalized spacial score (nSPS) is 21.5. The predicted molar refractivity (Wildman–Crippen MR) is 66.9 cm³/mol. The van der Waals surface area contributed by atoms with E-state index in [9.17, 15) is 4.79 Å². The molecule has 0 spiro atoms. The Morgan fingerprint density at radius 1 is 1.65 bits per heavy atom. The summed E-state index contributed by atoms with van der Waals surface area (Å²) in [5.41, 5.74) is 5.30. The maximum Gasteiger partial charge on any atom is 0.272 e. The number of primary amides is 1. The van der Waals surface area contributed by atoms with Crippen molar-refractivity contribution in [2.45, 2.75) is 25.5 Å². The van der Waals surface area contributed by atoms with Crippen molar-refractivity contribution in [2.75, 3.05) is 19.7 Å². The van der Waals surface area contributed by atoms with Gasteiger partial charge in [0.25, 0.3) is 5.91 Å². The lowest BCUT2D eigenvalue weighted by Crippen LogP contribution is -3.13. The third kappa shape index (κ3) is 4.11. The van der Waals surface area contributed by atoms with Crippen LogP contribution in [0.3, 0.4) is 0 Å². The molecule has 1 aromatic heterocycles. The van der Waals surface area contributed by atoms with Gasteiger partial charge in [-0.1, -0.05) is 6.07 Å². The fourth-order valence-electron chi connectivity index (χ4n) is 2.24. The van der Waals surface area contributed by atoms with Crippen LogP contribution in [0.1, 0.15) is 17.7 Å². The molecule has 17 heavy (non-hydrogen) atoms. The first kappa shape index (κ1) is 12.5. The smallest absolute Gasteiger partial charge is 0.272 e. The Kier molecular flexibility index (Phi) is 4.53. The number of quaternary nitrogens is 1. The number of nitrogens with one attached hydrogen (secondary N) is 1. The molecule has 2 heterocycles. The van der Waals surface area contributed by atoms with Gasteiger partial charge in [0.05, 0.1) is 4.88 Å². The molecule has 0 bridgehead atoms. The summed E-state index contributed by atoms with van der Waals surface area (Å²) >= 11 is 1.72. The van der Waals surface area contributed by atoms with Crippen LogP contribution in [0.5, 0.6) is 0 Å². The highest BCUT2D eigenvalue weighted by Crippen LogP contribution is 2.10. The lowest BCUT2D eigenvalue weighted by atomic mass is 10.2. The van der Waals surface area contributed by atoms with Crippen LogP contribution in [-0.4, -0.2) is 31.7 Å². The number of hydrogen-bond donors (Lipinski definition) is 2. The molecule has 94 valence electrons. The average molecular weight is 255 g/mol. The third-order valence-electron chi connectivity index (χ3n) is 2.97. The molecule has 1 aliphatic heterocycles. The molecule has 1 aromatic rings. The van der Waals surface area contributed by atoms with Crippen LogP contribution in [0, 0.1) is 0 Å². The van der Waals surface area contributed by atoms with Crippen LogP contribution in [0.4, 0.5) is 0 Å². The predicted octanol–water partition coefficient (Wildman–Crippen LogP) is -0.203. The Balaban J connectivity index is 1.89. The molecule has 0 aromatic carbocycles. The monoisotopic (exact) mass is 255 g/mol. The largest absolute Gasteiger partial charge is 0.372 e. The molecule has 1 saturated heterocycles. The van der Waals surface area contributed by atoms with E-state index in [0.29, 0.717) is 12.6 Å². The first-order chi connectivity index (χ1) is 8.24. The van der Waals surface area contributed by atoms with Crippen molar-refractivity contribution < 1.29 is 14.4 Å². The zero-order chi connectivity index (χ0) is 12.1. The molecule has 5 heteroatoms. The van der Waals surface area contributed by atoms with Gasteiger partial charge < -0.3 is 15.4 Å². The summed E-state index contributed by atoms with van der Waals surface area (Å²) in [6, 6.07) is 4.13. The Bertz CT molecular complexity index is 347. The fourth-order valence-corrected chi connectivity index (χ4v) is 3.02. The molecule has 1 unspecified atom stereocenters. The summed E-state index contributed by atoms with van der Waals surface area (Å²) < 4.78 is 5.61. The summed E-state index contributed by atoms with van der Waals surface area (Å²) in [6.45, 7) is 2.98. The number of rotatable bonds is 6. The lowest BCUT2D eigenvalue weighted by Gasteiger charge is -2.20. The van der Waals surface area contributed by atoms with Gasteiger partial charge >= 0.3 is 0 Å². The summed E-state index contributed by atoms with van der Waals surface area (Å²) in [6.07, 6.45) is 2.53. The van der Waals surface area contributed by atoms with E-state index in [2.05, 4.69) is 11.4 Å². The Morgan fingerprint density at radius 3 is 3.12 bits per heavy atom. The van der Waals surface area contributed by atoms with Gasteiger partial charge in [-0.05, 0) is 24.3 Å². The van der Waals surface area contributed by atoms with Crippen LogP contribution in [0.25, 0.3) is 0 Å². The van der Waals surface area contributed by atoms with E-state index in [1.807, 2.05) is 6.07 Å². The maximum atomic E-state index is 11.1. The standard InChI is InChI=1S/C12H18N2O2S/c13-12(15)9-14(7-10-3-1-5-16-10)8-11-4-2-6-17-11/h2,4,6,10H,1,3,5,7-9H2,(H2,13,15)/p+1/t10-/m0/s1. The second-order valence-corrected chi connectivity index (χ2v) is 5.52. The fraction of sp³-hybridized carbons (Fsp3) is 0.583. The van der Waals surface area contributed by atoms with Crippen molar-refractivity contribution >= 4 is 17.2 Å². The van der Waals surface area contributed by atoms with Gasteiger partial charge in [-0.25, -0.2) is 0 Å². The van der Waals surface area contributed by atoms with Crippen molar-refractivity contribution in [3.8, 4) is 0 Å². The van der Waals surface area contributed by atoms with E-state index in [-0.39, 0.29) is 5.91 Å². The van der Waals surface area contributed by atoms with Gasteiger partial charge in [0.1, 0.15) is 19.2 Å². The Hall–Kier alpha value is -0.910. The molecule has 0 radical (unpaired) electrons. The minimum Gasteiger partial charge on any atom is -0.372 e. The van der Waals surface area contributed by atoms with E-state index in [1.165, 1.54) is 9.78 Å². The van der Waals surface area contributed by atoms with Crippen LogP contribution >= 0.6 is 11.3 Å². The van der Waals surface area contributed by atoms with Gasteiger partial charge in [-0.15, -0.1) is 11.3 Å². The Labute approximate surface area is 105 Å². The highest BCUT2D eigenvalue weighted by molar-refractivity contribution is 7.09. The molecule has 1 aliphatic rings. The second kappa shape index (κ2) is 6.14. The topological polar surface area (TPSA) is 56.8 Å². The first-order valence-electron chi connectivity index (χ1n) is 6.00. The highest BCUT2D eigenvalue weighted by atomic mass is 32.1. The maximum absolute atomic E-state index is 11.1. The third-order valence-corrected chi connectivity index (χ3v) is 3.85. The molecular weight excluding hydrogens is 236 g/mol. The summed E-state index contributed by atoms with van der Waals surface area (Å²) in [5.74, 6) is -0.241. The molecule has 0 aliphatic carbocycles. The SMILES string of the molecule is NC(=O)C[NH+](Cc1cccs1)C[C@@H]1CCCO1. The minimum absolute atomic E-state index is 0.241. The van der Waals surface area contributed by atoms with Crippen molar-refractivity contribution in [1.82, 2.24) is 0 Å². The molecule has 0 saturated carbocycles. The lowest BCUT2D eigenvalue weighted by molar-refractivity contribution is -0.908. The molecular formula is C12H19N2O2S+. The van der Waals surface area contributed by atoms with Crippen LogP contribution in [0.15, 0.2) is 17.5 Å². The van der Waals surface area contributed by atoms with Crippen LogP contribution < -0.4 is 10.6 Å². The summed E-state index contributed by atoms with van der Waals surface area (Å²) in [4.78, 5) is 13.6. The number of carbonyl (C=O) groups excluding carboxylic acids is 1. The van der Waals surface area contributed by atoms with Crippen LogP contribution in [-0.2, 0) is 16.1 Å². The van der Waals surface area contributed by atoms with Gasteiger partial charge in [-0.3, -0.25) is 4.79 Å². The van der Waals surface area contributed by atoms with Crippen LogP contribution in [0.2, 0.25) is 0 Å². The molecule has 1 amide bonds. The van der Waals surface area contributed by atoms with E-state index in [4.69, 9.17) is 10.5 Å². The van der Waals surface area contributed by atoms with E-state index in [0.717, 1.165) is 32.5 Å². The van der Waals surface area contributed by atoms with Crippen molar-refractivity contribution in [1.29, 1.82) is 0 Å². The number of thiophene rings is 1. The zero-order valence-electron chi connectivity index (χ0n) is 9.85. The minimum atomic E-state index is -0.241. The van der Waals surface area contributed by atoms with Crippen molar-refractivity contribution in [3.63, 3.8) is 0 Å². The zero-order valence-corrected chi connectivity index (χ0v) is 10.7. The quantitative estimate of drug-likeness (QED) is 0.739. The summed E-state index contributed by atoms with van der Waals surface area (Å²) in [7, 11) is 0. The molecule has 1 fully saturated rings. The van der Waals surface area contributed by atoms with Gasteiger partial charge in [0, 0.05) is 6.61 Å². The van der Waals surface area contributed by atoms with Crippen molar-refractivity contribution in [3.05, 3.63) is 22.4 Å². The molecule has 3 N–H and O–H groups in total. The number of nitrogens with two attached hydrogens (primary N) is 1. The second-order valence-electron chi connectivity index (χ2n) is 4.49. The first-order valence-corrected chi connectivity index (χ1v) is 6.88. The number of amides is 1. The van der Waals surface area contributed by atoms with E-state index >= 15 is 0 Å². The molecule has 2 atom stereocenters. The Morgan fingerprint density at radius 2 is 2.53 bits per heavy atom. The summed E-state index contributed by atoms with van der Waals surface area (Å²) in [5, 5.41) is 2.06. The van der Waals surface area contributed by atoms with Crippen molar-refractivity contribution in [2.24, 2.45) is 5.73 Å². The van der Waals surface area contributed by atoms with E-state index in [1.54, 1.807) is 11.3 Å². The number of carbonyl (C=O) groups is 1. The highest BCUT2D eigenvalue weighted by Gasteiger charge is 2.23. The number of ether oxygens (including phenoxy) is 1. The van der Waals surface area contributed by atoms with Gasteiger partial charge in [-0.2, -0.15) is 0 Å². The van der Waals surface area contributed by atoms with Gasteiger partial charge in [0.15, 0.2) is 6.54 Å². The average Bonchev–Trinajstić information content (AvgIpc) is 2.89. The molecule has 2 rings (SSSR count).